The van der Waals surface area contributed by atoms with Crippen LogP contribution in [0.2, 0.25) is 0 Å². The minimum atomic E-state index is -0.736. The molecule has 2 aromatic rings. The number of hydrogen-bond acceptors (Lipinski definition) is 4. The number of aromatic nitrogens is 1. The first kappa shape index (κ1) is 14.2. The van der Waals surface area contributed by atoms with E-state index in [9.17, 15) is 9.18 Å². The smallest absolute Gasteiger partial charge is 0.269 e. The maximum Gasteiger partial charge on any atom is 0.269 e. The summed E-state index contributed by atoms with van der Waals surface area (Å²) in [7, 11) is 0. The standard InChI is InChI=1S/C16H14FN3O2/c1-10-4-3-7-18-15(10)19-16(21)14-9-13(20-22-14)11-5-2-6-12(17)8-11/h2-8,14H,9H2,1H3,(H,18,19,21). The summed E-state index contributed by atoms with van der Waals surface area (Å²) in [4.78, 5) is 21.5. The Balaban J connectivity index is 1.67. The summed E-state index contributed by atoms with van der Waals surface area (Å²) in [5, 5.41) is 6.60. The van der Waals surface area contributed by atoms with Crippen LogP contribution in [0, 0.1) is 12.7 Å². The highest BCUT2D eigenvalue weighted by atomic mass is 19.1. The highest BCUT2D eigenvalue weighted by Crippen LogP contribution is 2.19. The number of halogens is 1. The van der Waals surface area contributed by atoms with E-state index in [0.29, 0.717) is 23.5 Å². The third-order valence-electron chi connectivity index (χ3n) is 3.37. The molecule has 0 fully saturated rings. The summed E-state index contributed by atoms with van der Waals surface area (Å²) in [6.07, 6.45) is 1.16. The van der Waals surface area contributed by atoms with Crippen LogP contribution < -0.4 is 5.32 Å². The number of amides is 1. The van der Waals surface area contributed by atoms with Crippen molar-refractivity contribution in [3.05, 3.63) is 59.5 Å². The molecule has 2 heterocycles. The van der Waals surface area contributed by atoms with E-state index in [1.165, 1.54) is 12.1 Å². The van der Waals surface area contributed by atoms with E-state index in [4.69, 9.17) is 4.84 Å². The number of pyridine rings is 1. The molecule has 1 aromatic carbocycles. The molecule has 1 aliphatic rings. The normalized spacial score (nSPS) is 16.8. The Morgan fingerprint density at radius 2 is 2.23 bits per heavy atom. The molecule has 0 saturated heterocycles. The van der Waals surface area contributed by atoms with Crippen LogP contribution in [-0.4, -0.2) is 22.7 Å². The predicted molar refractivity (Wildman–Crippen MR) is 80.0 cm³/mol. The SMILES string of the molecule is Cc1cccnc1NC(=O)C1CC(c2cccc(F)c2)=NO1. The van der Waals surface area contributed by atoms with Crippen LogP contribution in [0.25, 0.3) is 0 Å². The van der Waals surface area contributed by atoms with Crippen molar-refractivity contribution in [3.8, 4) is 0 Å². The summed E-state index contributed by atoms with van der Waals surface area (Å²) in [6.45, 7) is 1.85. The minimum absolute atomic E-state index is 0.293. The number of nitrogens with zero attached hydrogens (tertiary/aromatic N) is 2. The van der Waals surface area contributed by atoms with E-state index >= 15 is 0 Å². The van der Waals surface area contributed by atoms with Gasteiger partial charge in [0.1, 0.15) is 11.6 Å². The molecular weight excluding hydrogens is 285 g/mol. The third kappa shape index (κ3) is 2.95. The molecule has 22 heavy (non-hydrogen) atoms. The lowest BCUT2D eigenvalue weighted by Gasteiger charge is -2.10. The zero-order chi connectivity index (χ0) is 15.5. The third-order valence-corrected chi connectivity index (χ3v) is 3.37. The molecule has 0 spiro atoms. The maximum atomic E-state index is 13.2. The molecule has 1 unspecified atom stereocenters. The van der Waals surface area contributed by atoms with Crippen molar-refractivity contribution in [1.29, 1.82) is 0 Å². The Bertz CT molecular complexity index is 746. The summed E-state index contributed by atoms with van der Waals surface area (Å²) in [5.74, 6) is -0.176. The van der Waals surface area contributed by atoms with Gasteiger partial charge in [-0.25, -0.2) is 9.37 Å². The van der Waals surface area contributed by atoms with Crippen LogP contribution in [-0.2, 0) is 9.63 Å². The first-order valence-electron chi connectivity index (χ1n) is 6.84. The number of carbonyl (C=O) groups excluding carboxylic acids is 1. The first-order valence-corrected chi connectivity index (χ1v) is 6.84. The molecule has 1 atom stereocenters. The number of nitrogens with one attached hydrogen (secondary N) is 1. The second-order valence-corrected chi connectivity index (χ2v) is 5.00. The van der Waals surface area contributed by atoms with E-state index in [1.807, 2.05) is 13.0 Å². The van der Waals surface area contributed by atoms with E-state index < -0.39 is 6.10 Å². The number of aryl methyl sites for hydroxylation is 1. The second kappa shape index (κ2) is 5.93. The van der Waals surface area contributed by atoms with Crippen LogP contribution in [0.1, 0.15) is 17.5 Å². The van der Waals surface area contributed by atoms with Gasteiger partial charge in [-0.05, 0) is 30.7 Å². The van der Waals surface area contributed by atoms with Gasteiger partial charge in [0.2, 0.25) is 6.10 Å². The van der Waals surface area contributed by atoms with Gasteiger partial charge in [-0.1, -0.05) is 23.4 Å². The van der Waals surface area contributed by atoms with Crippen molar-refractivity contribution in [2.24, 2.45) is 5.16 Å². The molecule has 112 valence electrons. The van der Waals surface area contributed by atoms with Gasteiger partial charge in [0.15, 0.2) is 0 Å². The molecule has 3 rings (SSSR count). The summed E-state index contributed by atoms with van der Waals surface area (Å²) >= 11 is 0. The van der Waals surface area contributed by atoms with Crippen molar-refractivity contribution in [2.45, 2.75) is 19.4 Å². The lowest BCUT2D eigenvalue weighted by molar-refractivity contribution is -0.125. The van der Waals surface area contributed by atoms with E-state index in [0.717, 1.165) is 5.56 Å². The molecule has 0 bridgehead atoms. The van der Waals surface area contributed by atoms with E-state index in [-0.39, 0.29) is 11.7 Å². The van der Waals surface area contributed by atoms with E-state index in [1.54, 1.807) is 24.4 Å². The number of anilines is 1. The van der Waals surface area contributed by atoms with Gasteiger partial charge in [0.25, 0.3) is 5.91 Å². The zero-order valence-electron chi connectivity index (χ0n) is 11.9. The molecule has 0 aliphatic carbocycles. The monoisotopic (exact) mass is 299 g/mol. The Morgan fingerprint density at radius 1 is 1.36 bits per heavy atom. The Labute approximate surface area is 126 Å². The second-order valence-electron chi connectivity index (χ2n) is 5.00. The van der Waals surface area contributed by atoms with Crippen LogP contribution in [0.4, 0.5) is 10.2 Å². The van der Waals surface area contributed by atoms with Gasteiger partial charge in [0.05, 0.1) is 5.71 Å². The van der Waals surface area contributed by atoms with E-state index in [2.05, 4.69) is 15.5 Å². The van der Waals surface area contributed by atoms with Gasteiger partial charge >= 0.3 is 0 Å². The van der Waals surface area contributed by atoms with Gasteiger partial charge < -0.3 is 10.2 Å². The Hall–Kier alpha value is -2.76. The lowest BCUT2D eigenvalue weighted by Crippen LogP contribution is -2.28. The molecule has 6 heteroatoms. The Kier molecular flexibility index (Phi) is 3.82. The fourth-order valence-corrected chi connectivity index (χ4v) is 2.17. The predicted octanol–water partition coefficient (Wildman–Crippen LogP) is 2.66. The van der Waals surface area contributed by atoms with Crippen LogP contribution in [0.3, 0.4) is 0 Å². The highest BCUT2D eigenvalue weighted by molar-refractivity contribution is 6.06. The summed E-state index contributed by atoms with van der Waals surface area (Å²) in [5.41, 5.74) is 2.03. The molecule has 5 nitrogen and oxygen atoms in total. The number of hydrogen-bond donors (Lipinski definition) is 1. The van der Waals surface area contributed by atoms with Crippen molar-refractivity contribution in [1.82, 2.24) is 4.98 Å². The maximum absolute atomic E-state index is 13.2. The van der Waals surface area contributed by atoms with Gasteiger partial charge in [-0.15, -0.1) is 0 Å². The van der Waals surface area contributed by atoms with Crippen LogP contribution in [0.5, 0.6) is 0 Å². The largest absolute Gasteiger partial charge is 0.382 e. The fourth-order valence-electron chi connectivity index (χ4n) is 2.17. The minimum Gasteiger partial charge on any atom is -0.382 e. The highest BCUT2D eigenvalue weighted by Gasteiger charge is 2.29. The Morgan fingerprint density at radius 3 is 3.00 bits per heavy atom. The topological polar surface area (TPSA) is 63.6 Å². The van der Waals surface area contributed by atoms with Crippen molar-refractivity contribution < 1.29 is 14.0 Å². The van der Waals surface area contributed by atoms with Gasteiger partial charge in [0, 0.05) is 18.2 Å². The average Bonchev–Trinajstić information content (AvgIpc) is 2.99. The van der Waals surface area contributed by atoms with Gasteiger partial charge in [-0.2, -0.15) is 0 Å². The number of benzene rings is 1. The fraction of sp³-hybridized carbons (Fsp3) is 0.188. The average molecular weight is 299 g/mol. The zero-order valence-corrected chi connectivity index (χ0v) is 11.9. The molecule has 1 amide bonds. The molecular formula is C16H14FN3O2. The summed E-state index contributed by atoms with van der Waals surface area (Å²) in [6, 6.07) is 9.70. The molecule has 1 N–H and O–H groups in total. The molecule has 0 radical (unpaired) electrons. The first-order chi connectivity index (χ1) is 10.6. The summed E-state index contributed by atoms with van der Waals surface area (Å²) < 4.78 is 13.2. The molecule has 1 aliphatic heterocycles. The lowest BCUT2D eigenvalue weighted by atomic mass is 10.0. The molecule has 1 aromatic heterocycles. The van der Waals surface area contributed by atoms with Crippen molar-refractivity contribution >= 4 is 17.4 Å². The number of carbonyl (C=O) groups is 1. The van der Waals surface area contributed by atoms with Crippen molar-refractivity contribution in [3.63, 3.8) is 0 Å². The van der Waals surface area contributed by atoms with Crippen LogP contribution in [0.15, 0.2) is 47.8 Å². The number of oxime groups is 1. The molecule has 0 saturated carbocycles. The van der Waals surface area contributed by atoms with Gasteiger partial charge in [-0.3, -0.25) is 4.79 Å². The van der Waals surface area contributed by atoms with Crippen molar-refractivity contribution in [2.75, 3.05) is 5.32 Å². The van der Waals surface area contributed by atoms with Crippen LogP contribution >= 0.6 is 0 Å². The quantitative estimate of drug-likeness (QED) is 0.947. The number of rotatable bonds is 3.